The lowest BCUT2D eigenvalue weighted by Gasteiger charge is -2.14. The molecule has 148 valence electrons. The zero-order chi connectivity index (χ0) is 20.5. The number of carbonyl (C=O) groups is 1. The van der Waals surface area contributed by atoms with Crippen molar-refractivity contribution in [2.75, 3.05) is 11.9 Å². The molecular weight excluding hydrogens is 392 g/mol. The van der Waals surface area contributed by atoms with E-state index in [4.69, 9.17) is 4.74 Å². The third-order valence-electron chi connectivity index (χ3n) is 5.40. The molecule has 0 radical (unpaired) electrons. The highest BCUT2D eigenvalue weighted by atomic mass is 32.1. The Balaban J connectivity index is 1.30. The minimum atomic E-state index is -0.481. The van der Waals surface area contributed by atoms with Gasteiger partial charge in [-0.3, -0.25) is 5.32 Å². The normalized spacial score (nSPS) is 12.3. The van der Waals surface area contributed by atoms with E-state index in [1.807, 2.05) is 61.5 Å². The molecule has 0 unspecified atom stereocenters. The van der Waals surface area contributed by atoms with Crippen LogP contribution in [0.3, 0.4) is 0 Å². The second-order valence-corrected chi connectivity index (χ2v) is 8.44. The summed E-state index contributed by atoms with van der Waals surface area (Å²) in [5.41, 5.74) is 6.74. The van der Waals surface area contributed by atoms with Crippen molar-refractivity contribution in [3.63, 3.8) is 0 Å². The number of thiazole rings is 1. The lowest BCUT2D eigenvalue weighted by atomic mass is 9.98. The van der Waals surface area contributed by atoms with Crippen LogP contribution in [-0.4, -0.2) is 17.7 Å². The molecule has 1 amide bonds. The number of carbonyl (C=O) groups excluding carboxylic acids is 1. The van der Waals surface area contributed by atoms with Gasteiger partial charge in [-0.2, -0.15) is 0 Å². The molecule has 0 atom stereocenters. The molecule has 0 saturated heterocycles. The number of ether oxygens (including phenoxy) is 1. The fourth-order valence-electron chi connectivity index (χ4n) is 4.04. The van der Waals surface area contributed by atoms with Crippen molar-refractivity contribution in [1.29, 1.82) is 0 Å². The van der Waals surface area contributed by atoms with E-state index in [1.165, 1.54) is 33.6 Å². The molecule has 0 saturated carbocycles. The molecule has 30 heavy (non-hydrogen) atoms. The maximum Gasteiger partial charge on any atom is 0.413 e. The number of nitrogens with zero attached hydrogens (tertiary/aromatic N) is 1. The summed E-state index contributed by atoms with van der Waals surface area (Å²) < 4.78 is 5.62. The zero-order valence-electron chi connectivity index (χ0n) is 16.5. The van der Waals surface area contributed by atoms with Crippen molar-refractivity contribution >= 4 is 22.6 Å². The van der Waals surface area contributed by atoms with Crippen LogP contribution in [0, 0.1) is 6.92 Å². The highest BCUT2D eigenvalue weighted by Crippen LogP contribution is 2.44. The Morgan fingerprint density at radius 2 is 1.53 bits per heavy atom. The first-order valence-electron chi connectivity index (χ1n) is 9.85. The summed E-state index contributed by atoms with van der Waals surface area (Å²) in [6.07, 6.45) is -0.481. The number of rotatable bonds is 4. The number of fused-ring (bicyclic) bond motifs is 3. The van der Waals surface area contributed by atoms with Gasteiger partial charge in [-0.1, -0.05) is 78.9 Å². The molecule has 0 bridgehead atoms. The van der Waals surface area contributed by atoms with E-state index >= 15 is 0 Å². The van der Waals surface area contributed by atoms with E-state index in [0.29, 0.717) is 5.13 Å². The molecular formula is C25H20N2O2S. The molecule has 1 aliphatic rings. The Kier molecular flexibility index (Phi) is 4.81. The van der Waals surface area contributed by atoms with Crippen LogP contribution in [-0.2, 0) is 4.74 Å². The lowest BCUT2D eigenvalue weighted by Crippen LogP contribution is -2.17. The van der Waals surface area contributed by atoms with Crippen LogP contribution in [0.4, 0.5) is 9.93 Å². The van der Waals surface area contributed by atoms with Gasteiger partial charge in [0, 0.05) is 16.4 Å². The third-order valence-corrected chi connectivity index (χ3v) is 6.28. The lowest BCUT2D eigenvalue weighted by molar-refractivity contribution is 0.158. The van der Waals surface area contributed by atoms with E-state index in [0.717, 1.165) is 16.1 Å². The number of hydrogen-bond acceptors (Lipinski definition) is 4. The average Bonchev–Trinajstić information content (AvgIpc) is 3.30. The molecule has 0 fully saturated rings. The number of hydrogen-bond donors (Lipinski definition) is 1. The number of anilines is 1. The molecule has 5 rings (SSSR count). The predicted octanol–water partition coefficient (Wildman–Crippen LogP) is 6.48. The molecule has 1 aromatic heterocycles. The monoisotopic (exact) mass is 412 g/mol. The van der Waals surface area contributed by atoms with Crippen molar-refractivity contribution in [1.82, 2.24) is 4.98 Å². The molecule has 5 heteroatoms. The first-order valence-corrected chi connectivity index (χ1v) is 10.7. The average molecular weight is 413 g/mol. The van der Waals surface area contributed by atoms with Gasteiger partial charge in [0.2, 0.25) is 0 Å². The Labute approximate surface area is 179 Å². The van der Waals surface area contributed by atoms with E-state index in [2.05, 4.69) is 34.6 Å². The van der Waals surface area contributed by atoms with Gasteiger partial charge in [0.05, 0.1) is 5.69 Å². The summed E-state index contributed by atoms with van der Waals surface area (Å²) in [5, 5.41) is 3.34. The third kappa shape index (κ3) is 3.37. The van der Waals surface area contributed by atoms with Crippen molar-refractivity contribution in [3.05, 3.63) is 94.9 Å². The van der Waals surface area contributed by atoms with Gasteiger partial charge in [-0.15, -0.1) is 11.3 Å². The number of amides is 1. The summed E-state index contributed by atoms with van der Waals surface area (Å²) in [6, 6.07) is 26.6. The molecule has 0 spiro atoms. The summed E-state index contributed by atoms with van der Waals surface area (Å²) in [7, 11) is 0. The van der Waals surface area contributed by atoms with Crippen LogP contribution in [0.15, 0.2) is 78.9 Å². The smallest absolute Gasteiger partial charge is 0.413 e. The van der Waals surface area contributed by atoms with Crippen LogP contribution in [0.5, 0.6) is 0 Å². The summed E-state index contributed by atoms with van der Waals surface area (Å²) in [4.78, 5) is 18.1. The van der Waals surface area contributed by atoms with Crippen molar-refractivity contribution in [3.8, 4) is 22.4 Å². The largest absolute Gasteiger partial charge is 0.448 e. The molecule has 4 aromatic rings. The second-order valence-electron chi connectivity index (χ2n) is 7.24. The zero-order valence-corrected chi connectivity index (χ0v) is 17.3. The Morgan fingerprint density at radius 3 is 2.20 bits per heavy atom. The van der Waals surface area contributed by atoms with Crippen LogP contribution >= 0.6 is 11.3 Å². The molecule has 3 aromatic carbocycles. The Hall–Kier alpha value is -3.44. The maximum absolute atomic E-state index is 12.5. The fourth-order valence-corrected chi connectivity index (χ4v) is 4.86. The van der Waals surface area contributed by atoms with Crippen molar-refractivity contribution < 1.29 is 9.53 Å². The fraction of sp³-hybridized carbons (Fsp3) is 0.120. The van der Waals surface area contributed by atoms with E-state index < -0.39 is 6.09 Å². The molecule has 1 N–H and O–H groups in total. The van der Waals surface area contributed by atoms with Gasteiger partial charge in [0.15, 0.2) is 5.13 Å². The van der Waals surface area contributed by atoms with Crippen LogP contribution in [0.2, 0.25) is 0 Å². The quantitative estimate of drug-likeness (QED) is 0.417. The van der Waals surface area contributed by atoms with E-state index in [9.17, 15) is 4.79 Å². The number of aryl methyl sites for hydroxylation is 1. The van der Waals surface area contributed by atoms with Gasteiger partial charge in [0.25, 0.3) is 0 Å². The van der Waals surface area contributed by atoms with Crippen LogP contribution in [0.1, 0.15) is 21.9 Å². The standard InChI is InChI=1S/C25H20N2O2S/c1-16-23(17-9-3-2-4-10-17)26-24(30-16)27-25(28)29-15-22-20-13-7-5-11-18(20)19-12-6-8-14-21(19)22/h2-14,22H,15H2,1H3,(H,26,27,28). The van der Waals surface area contributed by atoms with Gasteiger partial charge in [0.1, 0.15) is 6.61 Å². The SMILES string of the molecule is Cc1sc(NC(=O)OCC2c3ccccc3-c3ccccc32)nc1-c1ccccc1. The van der Waals surface area contributed by atoms with Gasteiger partial charge in [-0.05, 0) is 29.2 Å². The Bertz CT molecular complexity index is 1170. The number of nitrogens with one attached hydrogen (secondary N) is 1. The highest BCUT2D eigenvalue weighted by molar-refractivity contribution is 7.16. The number of benzene rings is 3. The van der Waals surface area contributed by atoms with Gasteiger partial charge in [-0.25, -0.2) is 9.78 Å². The molecule has 1 aliphatic carbocycles. The van der Waals surface area contributed by atoms with Crippen LogP contribution < -0.4 is 5.32 Å². The van der Waals surface area contributed by atoms with Crippen LogP contribution in [0.25, 0.3) is 22.4 Å². The summed E-state index contributed by atoms with van der Waals surface area (Å²) in [6.45, 7) is 2.29. The highest BCUT2D eigenvalue weighted by Gasteiger charge is 2.29. The predicted molar refractivity (Wildman–Crippen MR) is 121 cm³/mol. The van der Waals surface area contributed by atoms with Gasteiger partial charge >= 0.3 is 6.09 Å². The van der Waals surface area contributed by atoms with Crippen molar-refractivity contribution in [2.24, 2.45) is 0 Å². The minimum Gasteiger partial charge on any atom is -0.448 e. The van der Waals surface area contributed by atoms with Crippen molar-refractivity contribution in [2.45, 2.75) is 12.8 Å². The molecule has 4 nitrogen and oxygen atoms in total. The summed E-state index contributed by atoms with van der Waals surface area (Å²) >= 11 is 1.45. The van der Waals surface area contributed by atoms with Gasteiger partial charge < -0.3 is 4.74 Å². The molecule has 1 heterocycles. The second kappa shape index (κ2) is 7.76. The first kappa shape index (κ1) is 18.6. The van der Waals surface area contributed by atoms with E-state index in [1.54, 1.807) is 0 Å². The maximum atomic E-state index is 12.5. The molecule has 0 aliphatic heterocycles. The van der Waals surface area contributed by atoms with E-state index in [-0.39, 0.29) is 12.5 Å². The number of aromatic nitrogens is 1. The summed E-state index contributed by atoms with van der Waals surface area (Å²) in [5.74, 6) is 0.0426. The topological polar surface area (TPSA) is 51.2 Å². The first-order chi connectivity index (χ1) is 14.7. The minimum absolute atomic E-state index is 0.0426. The Morgan fingerprint density at radius 1 is 0.933 bits per heavy atom.